The first-order valence-corrected chi connectivity index (χ1v) is 27.1. The number of amides is 1. The van der Waals surface area contributed by atoms with Crippen molar-refractivity contribution in [2.24, 2.45) is 0 Å². The van der Waals surface area contributed by atoms with E-state index in [-0.39, 0.29) is 18.5 Å². The van der Waals surface area contributed by atoms with E-state index < -0.39 is 12.1 Å². The van der Waals surface area contributed by atoms with Crippen LogP contribution in [0.1, 0.15) is 290 Å². The maximum atomic E-state index is 12.4. The number of carbonyl (C=O) groups is 2. The maximum Gasteiger partial charge on any atom is 0.305 e. The predicted molar refractivity (Wildman–Crippen MR) is 264 cm³/mol. The third-order valence-electron chi connectivity index (χ3n) is 12.5. The molecule has 1 amide bonds. The number of unbranched alkanes of at least 4 members (excludes halogenated alkanes) is 35. The fraction of sp³-hybridized carbons (Fsp3) is 0.891. The second-order valence-corrected chi connectivity index (χ2v) is 18.6. The lowest BCUT2D eigenvalue weighted by Crippen LogP contribution is -2.45. The summed E-state index contributed by atoms with van der Waals surface area (Å²) < 4.78 is 5.45. The number of ether oxygens (including phenoxy) is 1. The fourth-order valence-electron chi connectivity index (χ4n) is 8.28. The monoisotopic (exact) mass is 860 g/mol. The molecule has 6 nitrogen and oxygen atoms in total. The smallest absolute Gasteiger partial charge is 0.305 e. The summed E-state index contributed by atoms with van der Waals surface area (Å²) >= 11 is 0. The molecule has 6 heteroatoms. The van der Waals surface area contributed by atoms with Gasteiger partial charge in [-0.15, -0.1) is 0 Å². The van der Waals surface area contributed by atoms with E-state index in [2.05, 4.69) is 43.5 Å². The lowest BCUT2D eigenvalue weighted by atomic mass is 10.0. The van der Waals surface area contributed by atoms with Crippen LogP contribution in [0, 0.1) is 0 Å². The summed E-state index contributed by atoms with van der Waals surface area (Å²) in [4.78, 5) is 24.5. The minimum atomic E-state index is -0.685. The van der Waals surface area contributed by atoms with Crippen LogP contribution >= 0.6 is 0 Å². The third kappa shape index (κ3) is 47.7. The molecule has 0 spiro atoms. The molecule has 3 N–H and O–H groups in total. The highest BCUT2D eigenvalue weighted by Crippen LogP contribution is 2.16. The van der Waals surface area contributed by atoms with E-state index in [0.29, 0.717) is 25.9 Å². The zero-order valence-corrected chi connectivity index (χ0v) is 40.9. The van der Waals surface area contributed by atoms with Gasteiger partial charge < -0.3 is 20.3 Å². The second kappa shape index (κ2) is 51.0. The van der Waals surface area contributed by atoms with Gasteiger partial charge in [0, 0.05) is 12.8 Å². The van der Waals surface area contributed by atoms with Crippen molar-refractivity contribution >= 4 is 11.9 Å². The first kappa shape index (κ1) is 59.3. The first-order chi connectivity index (χ1) is 30.0. The summed E-state index contributed by atoms with van der Waals surface area (Å²) in [5, 5.41) is 23.2. The zero-order chi connectivity index (χ0) is 44.4. The third-order valence-corrected chi connectivity index (χ3v) is 12.5. The van der Waals surface area contributed by atoms with Crippen LogP contribution in [0.4, 0.5) is 0 Å². The van der Waals surface area contributed by atoms with Crippen molar-refractivity contribution < 1.29 is 24.5 Å². The van der Waals surface area contributed by atoms with E-state index in [0.717, 1.165) is 77.0 Å². The van der Waals surface area contributed by atoms with Crippen molar-refractivity contribution in [3.05, 3.63) is 24.3 Å². The van der Waals surface area contributed by atoms with E-state index >= 15 is 0 Å². The second-order valence-electron chi connectivity index (χ2n) is 18.6. The Bertz CT molecular complexity index is 951. The summed E-state index contributed by atoms with van der Waals surface area (Å²) in [5.41, 5.74) is 0. The van der Waals surface area contributed by atoms with Crippen molar-refractivity contribution in [3.63, 3.8) is 0 Å². The molecule has 0 aliphatic heterocycles. The number of rotatable bonds is 50. The molecule has 0 rings (SSSR count). The molecular weight excluding hydrogens is 755 g/mol. The topological polar surface area (TPSA) is 95.9 Å². The highest BCUT2D eigenvalue weighted by atomic mass is 16.5. The molecule has 2 unspecified atom stereocenters. The van der Waals surface area contributed by atoms with Crippen molar-refractivity contribution in [2.75, 3.05) is 13.2 Å². The van der Waals surface area contributed by atoms with Crippen molar-refractivity contribution in [3.8, 4) is 0 Å². The fourth-order valence-corrected chi connectivity index (χ4v) is 8.28. The molecule has 0 aliphatic rings. The quantitative estimate of drug-likeness (QED) is 0.0322. The Balaban J connectivity index is 3.50. The molecule has 0 saturated carbocycles. The molecule has 0 fully saturated rings. The van der Waals surface area contributed by atoms with Crippen molar-refractivity contribution in [2.45, 2.75) is 302 Å². The lowest BCUT2D eigenvalue weighted by molar-refractivity contribution is -0.143. The summed E-state index contributed by atoms with van der Waals surface area (Å²) in [6.07, 6.45) is 60.1. The van der Waals surface area contributed by atoms with Crippen LogP contribution in [0.15, 0.2) is 24.3 Å². The van der Waals surface area contributed by atoms with Gasteiger partial charge >= 0.3 is 5.97 Å². The Hall–Kier alpha value is -1.66. The van der Waals surface area contributed by atoms with Crippen LogP contribution in [-0.2, 0) is 14.3 Å². The first-order valence-electron chi connectivity index (χ1n) is 27.1. The summed E-state index contributed by atoms with van der Waals surface area (Å²) in [5.74, 6) is -0.107. The Kier molecular flexibility index (Phi) is 49.6. The molecule has 0 saturated heterocycles. The number of carbonyl (C=O) groups excluding carboxylic acids is 2. The average Bonchev–Trinajstić information content (AvgIpc) is 3.26. The number of hydrogen-bond donors (Lipinski definition) is 3. The van der Waals surface area contributed by atoms with Crippen LogP contribution in [0.25, 0.3) is 0 Å². The molecule has 0 aromatic carbocycles. The minimum absolute atomic E-state index is 0.0366. The number of nitrogens with one attached hydrogen (secondary N) is 1. The number of allylic oxidation sites excluding steroid dienone is 4. The molecule has 0 heterocycles. The molecule has 360 valence electrons. The van der Waals surface area contributed by atoms with Crippen molar-refractivity contribution in [1.29, 1.82) is 0 Å². The van der Waals surface area contributed by atoms with Gasteiger partial charge in [0.15, 0.2) is 0 Å². The largest absolute Gasteiger partial charge is 0.466 e. The number of esters is 1. The Morgan fingerprint density at radius 3 is 1.16 bits per heavy atom. The lowest BCUT2D eigenvalue weighted by Gasteiger charge is -2.22. The highest BCUT2D eigenvalue weighted by molar-refractivity contribution is 5.76. The number of aliphatic hydroxyl groups is 2. The Labute approximate surface area is 380 Å². The molecule has 0 aliphatic carbocycles. The molecule has 61 heavy (non-hydrogen) atoms. The van der Waals surface area contributed by atoms with Gasteiger partial charge in [0.2, 0.25) is 5.91 Å². The molecule has 0 radical (unpaired) electrons. The molecule has 0 aromatic heterocycles. The Morgan fingerprint density at radius 2 is 0.770 bits per heavy atom. The standard InChI is InChI=1S/C55H105NO5/c1-3-5-7-9-11-13-15-17-19-20-21-22-24-26-28-33-37-41-45-49-55(60)61-50-46-42-38-34-30-29-32-36-40-44-48-54(59)56-52(51-57)53(58)47-43-39-35-31-27-25-23-18-16-14-12-10-8-6-4-2/h17,19,30,34,52-53,57-58H,3-16,18,20-29,31-33,35-51H2,1-2H3,(H,56,59)/b19-17-,34-30-. The summed E-state index contributed by atoms with van der Waals surface area (Å²) in [7, 11) is 0. The predicted octanol–water partition coefficient (Wildman–Crippen LogP) is 16.3. The Morgan fingerprint density at radius 1 is 0.443 bits per heavy atom. The van der Waals surface area contributed by atoms with Crippen LogP contribution in [0.3, 0.4) is 0 Å². The van der Waals surface area contributed by atoms with Gasteiger partial charge in [-0.25, -0.2) is 0 Å². The average molecular weight is 860 g/mol. The summed E-state index contributed by atoms with van der Waals surface area (Å²) in [6, 6.07) is -0.566. The summed E-state index contributed by atoms with van der Waals surface area (Å²) in [6.45, 7) is 4.87. The number of aliphatic hydroxyl groups excluding tert-OH is 2. The van der Waals surface area contributed by atoms with Crippen LogP contribution in [0.2, 0.25) is 0 Å². The minimum Gasteiger partial charge on any atom is -0.466 e. The molecule has 2 atom stereocenters. The van der Waals surface area contributed by atoms with E-state index in [4.69, 9.17) is 4.74 Å². The normalized spacial score (nSPS) is 12.8. The number of hydrogen-bond acceptors (Lipinski definition) is 5. The van der Waals surface area contributed by atoms with E-state index in [1.165, 1.54) is 180 Å². The SMILES string of the molecule is CCCCCCCC/C=C\CCCCCCCCCCCC(=O)OCCCC/C=C\CCCCCCC(=O)NC(CO)C(O)CCCCCCCCCCCCCCCCC. The van der Waals surface area contributed by atoms with Crippen LogP contribution in [-0.4, -0.2) is 47.4 Å². The van der Waals surface area contributed by atoms with Gasteiger partial charge in [-0.05, 0) is 77.0 Å². The van der Waals surface area contributed by atoms with Gasteiger partial charge in [0.1, 0.15) is 0 Å². The van der Waals surface area contributed by atoms with E-state index in [1.807, 2.05) is 0 Å². The zero-order valence-electron chi connectivity index (χ0n) is 40.9. The van der Waals surface area contributed by atoms with Gasteiger partial charge in [-0.1, -0.05) is 224 Å². The van der Waals surface area contributed by atoms with E-state index in [9.17, 15) is 19.8 Å². The molecule has 0 bridgehead atoms. The maximum absolute atomic E-state index is 12.4. The van der Waals surface area contributed by atoms with Crippen LogP contribution in [0.5, 0.6) is 0 Å². The van der Waals surface area contributed by atoms with Gasteiger partial charge in [-0.2, -0.15) is 0 Å². The highest BCUT2D eigenvalue weighted by Gasteiger charge is 2.20. The van der Waals surface area contributed by atoms with Crippen molar-refractivity contribution in [1.82, 2.24) is 5.32 Å². The van der Waals surface area contributed by atoms with Gasteiger partial charge in [0.05, 0.1) is 25.4 Å². The van der Waals surface area contributed by atoms with Gasteiger partial charge in [0.25, 0.3) is 0 Å². The van der Waals surface area contributed by atoms with E-state index in [1.54, 1.807) is 0 Å². The van der Waals surface area contributed by atoms with Gasteiger partial charge in [-0.3, -0.25) is 9.59 Å². The van der Waals surface area contributed by atoms with Crippen LogP contribution < -0.4 is 5.32 Å². The molecular formula is C55H105NO5. The molecule has 0 aromatic rings.